The Bertz CT molecular complexity index is 939. The van der Waals surface area contributed by atoms with Crippen LogP contribution in [0.3, 0.4) is 0 Å². The second-order valence-electron chi connectivity index (χ2n) is 6.45. The fourth-order valence-corrected chi connectivity index (χ4v) is 3.86. The van der Waals surface area contributed by atoms with E-state index in [1.807, 2.05) is 13.8 Å². The third kappa shape index (κ3) is 4.33. The molecule has 0 spiro atoms. The van der Waals surface area contributed by atoms with Crippen molar-refractivity contribution in [2.45, 2.75) is 31.8 Å². The highest BCUT2D eigenvalue weighted by Crippen LogP contribution is 2.34. The molecule has 7 nitrogen and oxygen atoms in total. The lowest BCUT2D eigenvalue weighted by atomic mass is 10.2. The average molecular weight is 390 g/mol. The molecule has 0 unspecified atom stereocenters. The first-order chi connectivity index (χ1) is 12.8. The number of fused-ring (bicyclic) bond motifs is 1. The lowest BCUT2D eigenvalue weighted by molar-refractivity contribution is -0.116. The molecular formula is C19H22N2O5S. The van der Waals surface area contributed by atoms with Gasteiger partial charge in [0.05, 0.1) is 23.2 Å². The molecular weight excluding hydrogens is 368 g/mol. The van der Waals surface area contributed by atoms with Crippen molar-refractivity contribution >= 4 is 27.3 Å². The largest absolute Gasteiger partial charge is 0.491 e. The molecule has 0 fully saturated rings. The van der Waals surface area contributed by atoms with Crippen molar-refractivity contribution < 1.29 is 22.7 Å². The van der Waals surface area contributed by atoms with Gasteiger partial charge in [0.1, 0.15) is 18.1 Å². The third-order valence-corrected chi connectivity index (χ3v) is 5.34. The summed E-state index contributed by atoms with van der Waals surface area (Å²) in [4.78, 5) is 13.4. The second-order valence-corrected chi connectivity index (χ2v) is 8.13. The fraction of sp³-hybridized carbons (Fsp3) is 0.316. The van der Waals surface area contributed by atoms with Crippen LogP contribution in [0.15, 0.2) is 47.4 Å². The number of sulfonamides is 1. The summed E-state index contributed by atoms with van der Waals surface area (Å²) in [5, 5.41) is 0. The van der Waals surface area contributed by atoms with Crippen molar-refractivity contribution in [3.8, 4) is 11.5 Å². The highest BCUT2D eigenvalue weighted by atomic mass is 32.2. The topological polar surface area (TPSA) is 84.9 Å². The van der Waals surface area contributed by atoms with Crippen LogP contribution in [-0.4, -0.2) is 33.6 Å². The van der Waals surface area contributed by atoms with Gasteiger partial charge in [-0.2, -0.15) is 0 Å². The van der Waals surface area contributed by atoms with Gasteiger partial charge in [-0.1, -0.05) is 0 Å². The highest BCUT2D eigenvalue weighted by Gasteiger charge is 2.24. The van der Waals surface area contributed by atoms with Crippen LogP contribution in [0.5, 0.6) is 11.5 Å². The standard InChI is InChI=1S/C19H22N2O5S/c1-13(2)26-16-6-4-15(5-7-16)20-27(23,24)17-8-9-19-18(12-17)21(14(3)22)10-11-25-19/h4-9,12-13,20H,10-11H2,1-3H3. The predicted octanol–water partition coefficient (Wildman–Crippen LogP) is 3.02. The average Bonchev–Trinajstić information content (AvgIpc) is 2.61. The summed E-state index contributed by atoms with van der Waals surface area (Å²) in [7, 11) is -3.82. The van der Waals surface area contributed by atoms with Crippen LogP contribution >= 0.6 is 0 Å². The van der Waals surface area contributed by atoms with Crippen LogP contribution in [0, 0.1) is 0 Å². The number of benzene rings is 2. The summed E-state index contributed by atoms with van der Waals surface area (Å²) in [5.74, 6) is 0.990. The molecule has 0 aromatic heterocycles. The van der Waals surface area contributed by atoms with Gasteiger partial charge in [-0.3, -0.25) is 9.52 Å². The summed E-state index contributed by atoms with van der Waals surface area (Å²) in [6.45, 7) is 6.04. The maximum absolute atomic E-state index is 12.7. The number of anilines is 2. The molecule has 3 rings (SSSR count). The van der Waals surface area contributed by atoms with Gasteiger partial charge in [-0.15, -0.1) is 0 Å². The third-order valence-electron chi connectivity index (χ3n) is 3.96. The van der Waals surface area contributed by atoms with Gasteiger partial charge >= 0.3 is 0 Å². The molecule has 27 heavy (non-hydrogen) atoms. The van der Waals surface area contributed by atoms with Crippen LogP contribution in [0.1, 0.15) is 20.8 Å². The first-order valence-electron chi connectivity index (χ1n) is 8.61. The molecule has 0 bridgehead atoms. The molecule has 0 saturated heterocycles. The van der Waals surface area contributed by atoms with Crippen LogP contribution in [0.4, 0.5) is 11.4 Å². The molecule has 1 amide bonds. The van der Waals surface area contributed by atoms with Crippen molar-refractivity contribution in [2.75, 3.05) is 22.8 Å². The van der Waals surface area contributed by atoms with E-state index in [4.69, 9.17) is 9.47 Å². The van der Waals surface area contributed by atoms with Gasteiger partial charge in [0.2, 0.25) is 5.91 Å². The molecule has 1 heterocycles. The zero-order valence-electron chi connectivity index (χ0n) is 15.4. The number of carbonyl (C=O) groups is 1. The molecule has 2 aromatic carbocycles. The van der Waals surface area contributed by atoms with E-state index in [9.17, 15) is 13.2 Å². The minimum Gasteiger partial charge on any atom is -0.491 e. The summed E-state index contributed by atoms with van der Waals surface area (Å²) in [6, 6.07) is 11.2. The number of rotatable bonds is 5. The molecule has 2 aromatic rings. The number of carbonyl (C=O) groups excluding carboxylic acids is 1. The van der Waals surface area contributed by atoms with E-state index in [-0.39, 0.29) is 16.9 Å². The van der Waals surface area contributed by atoms with E-state index in [1.54, 1.807) is 30.3 Å². The molecule has 8 heteroatoms. The Labute approximate surface area is 158 Å². The van der Waals surface area contributed by atoms with Crippen molar-refractivity contribution in [3.05, 3.63) is 42.5 Å². The van der Waals surface area contributed by atoms with E-state index in [0.29, 0.717) is 36.0 Å². The quantitative estimate of drug-likeness (QED) is 0.848. The van der Waals surface area contributed by atoms with Gasteiger partial charge in [0.25, 0.3) is 10.0 Å². The number of ether oxygens (including phenoxy) is 2. The number of hydrogen-bond acceptors (Lipinski definition) is 5. The SMILES string of the molecule is CC(=O)N1CCOc2ccc(S(=O)(=O)Nc3ccc(OC(C)C)cc3)cc21. The van der Waals surface area contributed by atoms with Crippen LogP contribution < -0.4 is 19.1 Å². The van der Waals surface area contributed by atoms with Gasteiger partial charge < -0.3 is 14.4 Å². The first-order valence-corrected chi connectivity index (χ1v) is 10.1. The lowest BCUT2D eigenvalue weighted by Gasteiger charge is -2.29. The number of nitrogens with zero attached hydrogens (tertiary/aromatic N) is 1. The lowest BCUT2D eigenvalue weighted by Crippen LogP contribution is -2.36. The van der Waals surface area contributed by atoms with Gasteiger partial charge in [0, 0.05) is 12.6 Å². The summed E-state index contributed by atoms with van der Waals surface area (Å²) < 4.78 is 39.1. The van der Waals surface area contributed by atoms with E-state index in [1.165, 1.54) is 24.0 Å². The van der Waals surface area contributed by atoms with Crippen molar-refractivity contribution in [1.82, 2.24) is 0 Å². The Balaban J connectivity index is 1.85. The second kappa shape index (κ2) is 7.48. The van der Waals surface area contributed by atoms with Crippen molar-refractivity contribution in [2.24, 2.45) is 0 Å². The molecule has 0 saturated carbocycles. The number of nitrogens with one attached hydrogen (secondary N) is 1. The zero-order valence-corrected chi connectivity index (χ0v) is 16.2. The van der Waals surface area contributed by atoms with Gasteiger partial charge in [0.15, 0.2) is 0 Å². The fourth-order valence-electron chi connectivity index (χ4n) is 2.78. The van der Waals surface area contributed by atoms with Crippen molar-refractivity contribution in [1.29, 1.82) is 0 Å². The maximum atomic E-state index is 12.7. The predicted molar refractivity (Wildman–Crippen MR) is 103 cm³/mol. The first kappa shape index (κ1) is 19.0. The van der Waals surface area contributed by atoms with Crippen LogP contribution in [0.2, 0.25) is 0 Å². The molecule has 144 valence electrons. The Morgan fingerprint density at radius 1 is 1.19 bits per heavy atom. The maximum Gasteiger partial charge on any atom is 0.261 e. The van der Waals surface area contributed by atoms with Crippen LogP contribution in [-0.2, 0) is 14.8 Å². The van der Waals surface area contributed by atoms with Gasteiger partial charge in [-0.05, 0) is 56.3 Å². The van der Waals surface area contributed by atoms with E-state index < -0.39 is 10.0 Å². The van der Waals surface area contributed by atoms with Gasteiger partial charge in [-0.25, -0.2) is 8.42 Å². The summed E-state index contributed by atoms with van der Waals surface area (Å²) >= 11 is 0. The molecule has 1 aliphatic heterocycles. The Morgan fingerprint density at radius 3 is 2.52 bits per heavy atom. The Hall–Kier alpha value is -2.74. The zero-order chi connectivity index (χ0) is 19.6. The highest BCUT2D eigenvalue weighted by molar-refractivity contribution is 7.92. The molecule has 1 N–H and O–H groups in total. The molecule has 1 aliphatic rings. The number of amides is 1. The number of hydrogen-bond donors (Lipinski definition) is 1. The molecule has 0 radical (unpaired) electrons. The Morgan fingerprint density at radius 2 is 1.89 bits per heavy atom. The molecule has 0 atom stereocenters. The minimum atomic E-state index is -3.82. The minimum absolute atomic E-state index is 0.0366. The smallest absolute Gasteiger partial charge is 0.261 e. The summed E-state index contributed by atoms with van der Waals surface area (Å²) in [6.07, 6.45) is 0.0366. The van der Waals surface area contributed by atoms with Crippen LogP contribution in [0.25, 0.3) is 0 Å². The monoisotopic (exact) mass is 390 g/mol. The van der Waals surface area contributed by atoms with E-state index in [0.717, 1.165) is 0 Å². The molecule has 0 aliphatic carbocycles. The van der Waals surface area contributed by atoms with E-state index in [2.05, 4.69) is 4.72 Å². The summed E-state index contributed by atoms with van der Waals surface area (Å²) in [5.41, 5.74) is 0.876. The Kier molecular flexibility index (Phi) is 5.27. The van der Waals surface area contributed by atoms with Crippen molar-refractivity contribution in [3.63, 3.8) is 0 Å². The normalized spacial score (nSPS) is 13.7. The van der Waals surface area contributed by atoms with E-state index >= 15 is 0 Å².